The lowest BCUT2D eigenvalue weighted by Gasteiger charge is -2.32. The molecule has 2 rings (SSSR count). The van der Waals surface area contributed by atoms with Crippen LogP contribution in [0.15, 0.2) is 24.3 Å². The number of piperidine rings is 1. The Morgan fingerprint density at radius 2 is 1.79 bits per heavy atom. The molecule has 0 bridgehead atoms. The van der Waals surface area contributed by atoms with Crippen LogP contribution in [-0.4, -0.2) is 56.5 Å². The van der Waals surface area contributed by atoms with Crippen LogP contribution in [0.4, 0.5) is 0 Å². The van der Waals surface area contributed by atoms with Crippen LogP contribution in [0.3, 0.4) is 0 Å². The number of carbonyl (C=O) groups excluding carboxylic acids is 2. The third kappa shape index (κ3) is 4.93. The molecule has 1 aliphatic heterocycles. The van der Waals surface area contributed by atoms with E-state index < -0.39 is 6.04 Å². The van der Waals surface area contributed by atoms with Crippen LogP contribution in [0.25, 0.3) is 0 Å². The van der Waals surface area contributed by atoms with Crippen LogP contribution in [-0.2, 0) is 9.53 Å². The Balaban J connectivity index is 0.00000288. The predicted octanol–water partition coefficient (Wildman–Crippen LogP) is 1.51. The fourth-order valence-corrected chi connectivity index (χ4v) is 2.84. The average molecular weight is 357 g/mol. The molecular weight excluding hydrogens is 332 g/mol. The largest absolute Gasteiger partial charge is 0.497 e. The molecule has 1 aromatic rings. The summed E-state index contributed by atoms with van der Waals surface area (Å²) in [4.78, 5) is 26.4. The Bertz CT molecular complexity index is 542. The summed E-state index contributed by atoms with van der Waals surface area (Å²) in [5.74, 6) is 0.698. The van der Waals surface area contributed by atoms with Gasteiger partial charge in [-0.1, -0.05) is 0 Å². The highest BCUT2D eigenvalue weighted by molar-refractivity contribution is 5.98. The zero-order valence-corrected chi connectivity index (χ0v) is 14.9. The summed E-state index contributed by atoms with van der Waals surface area (Å²) in [6.07, 6.45) is 1.33. The molecule has 6 nitrogen and oxygen atoms in total. The summed E-state index contributed by atoms with van der Waals surface area (Å²) in [5, 5.41) is 0. The van der Waals surface area contributed by atoms with E-state index in [1.165, 1.54) is 7.11 Å². The normalized spacial score (nSPS) is 16.2. The lowest BCUT2D eigenvalue weighted by molar-refractivity contribution is -0.135. The fourth-order valence-electron chi connectivity index (χ4n) is 2.84. The Morgan fingerprint density at radius 3 is 2.29 bits per heavy atom. The molecule has 0 aliphatic carbocycles. The molecule has 1 heterocycles. The van der Waals surface area contributed by atoms with Gasteiger partial charge >= 0.3 is 0 Å². The lowest BCUT2D eigenvalue weighted by Crippen LogP contribution is -2.49. The van der Waals surface area contributed by atoms with E-state index in [1.54, 1.807) is 36.3 Å². The van der Waals surface area contributed by atoms with Gasteiger partial charge in [-0.2, -0.15) is 0 Å². The van der Waals surface area contributed by atoms with E-state index in [0.29, 0.717) is 31.5 Å². The number of nitrogens with two attached hydrogens (primary N) is 1. The molecule has 0 saturated carbocycles. The van der Waals surface area contributed by atoms with Gasteiger partial charge in [0, 0.05) is 31.7 Å². The van der Waals surface area contributed by atoms with E-state index in [0.717, 1.165) is 5.75 Å². The van der Waals surface area contributed by atoms with E-state index in [2.05, 4.69) is 0 Å². The number of amides is 1. The van der Waals surface area contributed by atoms with Crippen molar-refractivity contribution in [3.8, 4) is 5.75 Å². The van der Waals surface area contributed by atoms with Crippen molar-refractivity contribution >= 4 is 24.1 Å². The molecule has 1 aromatic carbocycles. The van der Waals surface area contributed by atoms with Crippen LogP contribution in [0.2, 0.25) is 0 Å². The molecule has 7 heteroatoms. The van der Waals surface area contributed by atoms with Gasteiger partial charge in [0.25, 0.3) is 0 Å². The predicted molar refractivity (Wildman–Crippen MR) is 93.7 cm³/mol. The second-order valence-electron chi connectivity index (χ2n) is 5.75. The number of carbonyl (C=O) groups is 2. The van der Waals surface area contributed by atoms with Crippen molar-refractivity contribution in [1.29, 1.82) is 0 Å². The zero-order chi connectivity index (χ0) is 16.8. The van der Waals surface area contributed by atoms with Crippen molar-refractivity contribution < 1.29 is 19.1 Å². The maximum Gasteiger partial charge on any atom is 0.241 e. The summed E-state index contributed by atoms with van der Waals surface area (Å²) in [6.45, 7) is 1.33. The minimum absolute atomic E-state index is 0. The monoisotopic (exact) mass is 356 g/mol. The lowest BCUT2D eigenvalue weighted by atomic mass is 9.88. The maximum absolute atomic E-state index is 12.5. The SMILES string of the molecule is COCC(N)C(=O)N1CCC(C(=O)c2ccc(OC)cc2)CC1.Cl. The van der Waals surface area contributed by atoms with Gasteiger partial charge in [-0.05, 0) is 37.1 Å². The molecule has 134 valence electrons. The Morgan fingerprint density at radius 1 is 1.21 bits per heavy atom. The van der Waals surface area contributed by atoms with Gasteiger partial charge in [0.2, 0.25) is 5.91 Å². The van der Waals surface area contributed by atoms with E-state index in [1.807, 2.05) is 0 Å². The first kappa shape index (κ1) is 20.4. The van der Waals surface area contributed by atoms with Gasteiger partial charge in [0.1, 0.15) is 11.8 Å². The highest BCUT2D eigenvalue weighted by atomic mass is 35.5. The summed E-state index contributed by atoms with van der Waals surface area (Å²) in [7, 11) is 3.12. The first-order valence-corrected chi connectivity index (χ1v) is 7.78. The second-order valence-corrected chi connectivity index (χ2v) is 5.75. The standard InChI is InChI=1S/C17H24N2O4.ClH/c1-22-11-15(18)17(21)19-9-7-13(8-10-19)16(20)12-3-5-14(23-2)6-4-12;/h3-6,13,15H,7-11,18H2,1-2H3;1H. The molecule has 0 spiro atoms. The van der Waals surface area contributed by atoms with Crippen LogP contribution in [0.1, 0.15) is 23.2 Å². The Labute approximate surface area is 148 Å². The highest BCUT2D eigenvalue weighted by Crippen LogP contribution is 2.23. The number of nitrogens with zero attached hydrogens (tertiary/aromatic N) is 1. The van der Waals surface area contributed by atoms with Gasteiger partial charge in [0.15, 0.2) is 5.78 Å². The molecule has 1 unspecified atom stereocenters. The van der Waals surface area contributed by atoms with Crippen molar-refractivity contribution in [2.45, 2.75) is 18.9 Å². The smallest absolute Gasteiger partial charge is 0.241 e. The third-order valence-electron chi connectivity index (χ3n) is 4.22. The van der Waals surface area contributed by atoms with E-state index >= 15 is 0 Å². The summed E-state index contributed by atoms with van der Waals surface area (Å²) < 4.78 is 10.0. The summed E-state index contributed by atoms with van der Waals surface area (Å²) in [5.41, 5.74) is 6.46. The zero-order valence-electron chi connectivity index (χ0n) is 14.1. The molecule has 0 aromatic heterocycles. The topological polar surface area (TPSA) is 81.9 Å². The molecule has 24 heavy (non-hydrogen) atoms. The Hall–Kier alpha value is -1.63. The van der Waals surface area contributed by atoms with Gasteiger partial charge in [-0.25, -0.2) is 0 Å². The maximum atomic E-state index is 12.5. The van der Waals surface area contributed by atoms with Crippen LogP contribution in [0.5, 0.6) is 5.75 Å². The second kappa shape index (κ2) is 9.61. The first-order chi connectivity index (χ1) is 11.1. The van der Waals surface area contributed by atoms with Crippen LogP contribution >= 0.6 is 12.4 Å². The average Bonchev–Trinajstić information content (AvgIpc) is 2.61. The number of ketones is 1. The van der Waals surface area contributed by atoms with Gasteiger partial charge in [-0.15, -0.1) is 12.4 Å². The van der Waals surface area contributed by atoms with Crippen LogP contribution < -0.4 is 10.5 Å². The van der Waals surface area contributed by atoms with E-state index in [-0.39, 0.29) is 36.6 Å². The molecule has 1 atom stereocenters. The number of benzene rings is 1. The fraction of sp³-hybridized carbons (Fsp3) is 0.529. The van der Waals surface area contributed by atoms with Crippen molar-refractivity contribution in [2.75, 3.05) is 33.9 Å². The molecule has 2 N–H and O–H groups in total. The summed E-state index contributed by atoms with van der Waals surface area (Å²) in [6, 6.07) is 6.51. The number of methoxy groups -OCH3 is 2. The number of hydrogen-bond donors (Lipinski definition) is 1. The van der Waals surface area contributed by atoms with Crippen molar-refractivity contribution in [3.63, 3.8) is 0 Å². The van der Waals surface area contributed by atoms with Crippen molar-refractivity contribution in [3.05, 3.63) is 29.8 Å². The third-order valence-corrected chi connectivity index (χ3v) is 4.22. The molecule has 0 radical (unpaired) electrons. The number of ether oxygens (including phenoxy) is 2. The molecular formula is C17H25ClN2O4. The van der Waals surface area contributed by atoms with Crippen molar-refractivity contribution in [2.24, 2.45) is 11.7 Å². The minimum atomic E-state index is -0.631. The summed E-state index contributed by atoms with van der Waals surface area (Å²) >= 11 is 0. The van der Waals surface area contributed by atoms with Gasteiger partial charge in [-0.3, -0.25) is 9.59 Å². The van der Waals surface area contributed by atoms with Gasteiger partial charge in [0.05, 0.1) is 13.7 Å². The number of likely N-dealkylation sites (tertiary alicyclic amines) is 1. The molecule has 1 saturated heterocycles. The quantitative estimate of drug-likeness (QED) is 0.781. The highest BCUT2D eigenvalue weighted by Gasteiger charge is 2.29. The number of rotatable bonds is 6. The van der Waals surface area contributed by atoms with E-state index in [4.69, 9.17) is 15.2 Å². The first-order valence-electron chi connectivity index (χ1n) is 7.78. The molecule has 1 aliphatic rings. The number of Topliss-reactive ketones (excluding diaryl/α,β-unsaturated/α-hetero) is 1. The van der Waals surface area contributed by atoms with Crippen LogP contribution in [0, 0.1) is 5.92 Å². The molecule has 1 amide bonds. The van der Waals surface area contributed by atoms with Gasteiger partial charge < -0.3 is 20.1 Å². The number of hydrogen-bond acceptors (Lipinski definition) is 5. The minimum Gasteiger partial charge on any atom is -0.497 e. The molecule has 1 fully saturated rings. The number of halogens is 1. The Kier molecular flexibility index (Phi) is 8.18. The van der Waals surface area contributed by atoms with Crippen molar-refractivity contribution in [1.82, 2.24) is 4.90 Å². The van der Waals surface area contributed by atoms with E-state index in [9.17, 15) is 9.59 Å².